The quantitative estimate of drug-likeness (QED) is 0.525. The summed E-state index contributed by atoms with van der Waals surface area (Å²) in [6, 6.07) is 0. The molecule has 0 amide bonds. The van der Waals surface area contributed by atoms with E-state index < -0.39 is 4.92 Å². The maximum absolute atomic E-state index is 11.0. The molecule has 1 aromatic heterocycles. The standard InChI is InChI=1S/C14H24N4O3/c1-4-7-8-11(5-2)10-21-13-12(18(19)20)9-16-14(17-13)15-6-3/h9,11H,4-8,10H2,1-3H3,(H,15,16,17). The highest BCUT2D eigenvalue weighted by atomic mass is 16.6. The van der Waals surface area contributed by atoms with Gasteiger partial charge in [0, 0.05) is 6.54 Å². The minimum Gasteiger partial charge on any atom is -0.472 e. The minimum absolute atomic E-state index is 0.0425. The van der Waals surface area contributed by atoms with Crippen LogP contribution in [0.15, 0.2) is 6.20 Å². The molecule has 0 aliphatic rings. The molecule has 0 bridgehead atoms. The Hall–Kier alpha value is -1.92. The van der Waals surface area contributed by atoms with Crippen molar-refractivity contribution in [2.45, 2.75) is 46.5 Å². The summed E-state index contributed by atoms with van der Waals surface area (Å²) in [5.74, 6) is 0.780. The monoisotopic (exact) mass is 296 g/mol. The van der Waals surface area contributed by atoms with Crippen molar-refractivity contribution in [1.29, 1.82) is 0 Å². The summed E-state index contributed by atoms with van der Waals surface area (Å²) in [5, 5.41) is 13.9. The van der Waals surface area contributed by atoms with Crippen LogP contribution in [0.5, 0.6) is 5.88 Å². The van der Waals surface area contributed by atoms with Crippen molar-refractivity contribution in [3.8, 4) is 5.88 Å². The third kappa shape index (κ3) is 5.53. The van der Waals surface area contributed by atoms with Gasteiger partial charge in [-0.15, -0.1) is 0 Å². The predicted molar refractivity (Wildman–Crippen MR) is 81.7 cm³/mol. The molecule has 1 rings (SSSR count). The van der Waals surface area contributed by atoms with Crippen LogP contribution < -0.4 is 10.1 Å². The highest BCUT2D eigenvalue weighted by Crippen LogP contribution is 2.25. The SMILES string of the molecule is CCCCC(CC)COc1nc(NCC)ncc1[N+](=O)[O-]. The van der Waals surface area contributed by atoms with Crippen molar-refractivity contribution in [1.82, 2.24) is 9.97 Å². The molecule has 0 aliphatic heterocycles. The zero-order valence-electron chi connectivity index (χ0n) is 13.0. The lowest BCUT2D eigenvalue weighted by Gasteiger charge is -2.15. The first-order chi connectivity index (χ1) is 10.1. The second-order valence-corrected chi connectivity index (χ2v) is 4.90. The minimum atomic E-state index is -0.516. The van der Waals surface area contributed by atoms with E-state index in [1.165, 1.54) is 6.20 Å². The van der Waals surface area contributed by atoms with E-state index >= 15 is 0 Å². The predicted octanol–water partition coefficient (Wildman–Crippen LogP) is 3.41. The fourth-order valence-corrected chi connectivity index (χ4v) is 1.93. The van der Waals surface area contributed by atoms with Gasteiger partial charge in [0.25, 0.3) is 5.88 Å². The smallest absolute Gasteiger partial charge is 0.349 e. The van der Waals surface area contributed by atoms with Gasteiger partial charge in [0.2, 0.25) is 5.95 Å². The molecule has 0 radical (unpaired) electrons. The fraction of sp³-hybridized carbons (Fsp3) is 0.714. The van der Waals surface area contributed by atoms with Gasteiger partial charge in [0.05, 0.1) is 11.5 Å². The molecule has 1 aromatic rings. The largest absolute Gasteiger partial charge is 0.472 e. The fourth-order valence-electron chi connectivity index (χ4n) is 1.93. The number of nitro groups is 1. The van der Waals surface area contributed by atoms with Crippen LogP contribution >= 0.6 is 0 Å². The van der Waals surface area contributed by atoms with Crippen LogP contribution in [0.25, 0.3) is 0 Å². The van der Waals surface area contributed by atoms with Gasteiger partial charge in [-0.3, -0.25) is 10.1 Å². The van der Waals surface area contributed by atoms with Gasteiger partial charge in [-0.05, 0) is 19.3 Å². The molecule has 118 valence electrons. The molecular formula is C14H24N4O3. The van der Waals surface area contributed by atoms with E-state index in [-0.39, 0.29) is 11.6 Å². The molecule has 0 spiro atoms. The van der Waals surface area contributed by atoms with Gasteiger partial charge in [-0.2, -0.15) is 4.98 Å². The molecule has 0 aliphatic carbocycles. The number of anilines is 1. The Morgan fingerprint density at radius 1 is 1.43 bits per heavy atom. The van der Waals surface area contributed by atoms with Gasteiger partial charge in [-0.1, -0.05) is 33.1 Å². The molecule has 7 heteroatoms. The third-order valence-electron chi connectivity index (χ3n) is 3.27. The van der Waals surface area contributed by atoms with Crippen molar-refractivity contribution in [2.75, 3.05) is 18.5 Å². The van der Waals surface area contributed by atoms with Crippen LogP contribution in [0.2, 0.25) is 0 Å². The van der Waals surface area contributed by atoms with E-state index in [9.17, 15) is 10.1 Å². The molecule has 0 saturated carbocycles. The Morgan fingerprint density at radius 2 is 2.19 bits per heavy atom. The second kappa shape index (κ2) is 9.10. The molecule has 1 heterocycles. The van der Waals surface area contributed by atoms with E-state index in [1.807, 2.05) is 6.92 Å². The number of unbranched alkanes of at least 4 members (excludes halogenated alkanes) is 1. The van der Waals surface area contributed by atoms with Crippen molar-refractivity contribution < 1.29 is 9.66 Å². The van der Waals surface area contributed by atoms with Crippen molar-refractivity contribution in [3.05, 3.63) is 16.3 Å². The van der Waals surface area contributed by atoms with Crippen LogP contribution in [0, 0.1) is 16.0 Å². The Labute approximate surface area is 125 Å². The summed E-state index contributed by atoms with van der Waals surface area (Å²) in [4.78, 5) is 18.5. The number of nitrogens with one attached hydrogen (secondary N) is 1. The van der Waals surface area contributed by atoms with E-state index in [1.54, 1.807) is 0 Å². The number of nitrogens with zero attached hydrogens (tertiary/aromatic N) is 3. The first-order valence-corrected chi connectivity index (χ1v) is 7.50. The molecule has 21 heavy (non-hydrogen) atoms. The van der Waals surface area contributed by atoms with Crippen molar-refractivity contribution >= 4 is 11.6 Å². The Bertz CT molecular complexity index is 454. The molecule has 1 atom stereocenters. The average Bonchev–Trinajstić information content (AvgIpc) is 2.47. The molecule has 1 unspecified atom stereocenters. The van der Waals surface area contributed by atoms with Gasteiger partial charge in [-0.25, -0.2) is 4.98 Å². The average molecular weight is 296 g/mol. The van der Waals surface area contributed by atoms with E-state index in [2.05, 4.69) is 29.1 Å². The highest BCUT2D eigenvalue weighted by Gasteiger charge is 2.20. The summed E-state index contributed by atoms with van der Waals surface area (Å²) in [6.45, 7) is 7.24. The van der Waals surface area contributed by atoms with Crippen LogP contribution in [0.3, 0.4) is 0 Å². The summed E-state index contributed by atoms with van der Waals surface area (Å²) in [5.41, 5.74) is -0.193. The molecule has 7 nitrogen and oxygen atoms in total. The van der Waals surface area contributed by atoms with Gasteiger partial charge >= 0.3 is 5.69 Å². The maximum atomic E-state index is 11.0. The summed E-state index contributed by atoms with van der Waals surface area (Å²) < 4.78 is 5.60. The van der Waals surface area contributed by atoms with Gasteiger partial charge in [0.15, 0.2) is 0 Å². The van der Waals surface area contributed by atoms with E-state index in [0.717, 1.165) is 25.7 Å². The molecule has 0 fully saturated rings. The summed E-state index contributed by atoms with van der Waals surface area (Å²) in [7, 11) is 0. The highest BCUT2D eigenvalue weighted by molar-refractivity contribution is 5.43. The Balaban J connectivity index is 2.78. The number of aromatic nitrogens is 2. The number of rotatable bonds is 10. The topological polar surface area (TPSA) is 90.2 Å². The van der Waals surface area contributed by atoms with Crippen molar-refractivity contribution in [3.63, 3.8) is 0 Å². The number of ether oxygens (including phenoxy) is 1. The Kier molecular flexibility index (Phi) is 7.42. The van der Waals surface area contributed by atoms with E-state index in [0.29, 0.717) is 25.0 Å². The molecular weight excluding hydrogens is 272 g/mol. The summed E-state index contributed by atoms with van der Waals surface area (Å²) >= 11 is 0. The van der Waals surface area contributed by atoms with Crippen LogP contribution in [0.1, 0.15) is 46.5 Å². The zero-order valence-corrected chi connectivity index (χ0v) is 13.0. The van der Waals surface area contributed by atoms with Gasteiger partial charge < -0.3 is 10.1 Å². The lowest BCUT2D eigenvalue weighted by molar-refractivity contribution is -0.386. The first kappa shape index (κ1) is 17.1. The molecule has 1 N–H and O–H groups in total. The van der Waals surface area contributed by atoms with Crippen LogP contribution in [-0.4, -0.2) is 28.0 Å². The number of hydrogen-bond acceptors (Lipinski definition) is 6. The van der Waals surface area contributed by atoms with E-state index in [4.69, 9.17) is 4.74 Å². The molecule has 0 aromatic carbocycles. The molecule has 0 saturated heterocycles. The van der Waals surface area contributed by atoms with Gasteiger partial charge in [0.1, 0.15) is 6.20 Å². The lowest BCUT2D eigenvalue weighted by atomic mass is 10.0. The second-order valence-electron chi connectivity index (χ2n) is 4.90. The van der Waals surface area contributed by atoms with Crippen LogP contribution in [0.4, 0.5) is 11.6 Å². The first-order valence-electron chi connectivity index (χ1n) is 7.50. The lowest BCUT2D eigenvalue weighted by Crippen LogP contribution is -2.14. The number of hydrogen-bond donors (Lipinski definition) is 1. The Morgan fingerprint density at radius 3 is 2.76 bits per heavy atom. The van der Waals surface area contributed by atoms with Crippen LogP contribution in [-0.2, 0) is 0 Å². The third-order valence-corrected chi connectivity index (χ3v) is 3.27. The maximum Gasteiger partial charge on any atom is 0.349 e. The normalized spacial score (nSPS) is 12.0. The zero-order chi connectivity index (χ0) is 15.7. The summed E-state index contributed by atoms with van der Waals surface area (Å²) in [6.07, 6.45) is 5.50. The van der Waals surface area contributed by atoms with Crippen molar-refractivity contribution in [2.24, 2.45) is 5.92 Å².